The molecule has 0 aliphatic carbocycles. The molecule has 2 rings (SSSR count). The SMILES string of the molecule is CCSCCC(=O)N(C)c1sc(-c2cncc(F)c2)nc1F. The van der Waals surface area contributed by atoms with Crippen LogP contribution in [-0.4, -0.2) is 34.4 Å². The molecule has 1 amide bonds. The highest BCUT2D eigenvalue weighted by Crippen LogP contribution is 2.33. The zero-order chi connectivity index (χ0) is 16.1. The van der Waals surface area contributed by atoms with Crippen LogP contribution in [0.5, 0.6) is 0 Å². The van der Waals surface area contributed by atoms with Gasteiger partial charge in [-0.05, 0) is 11.8 Å². The number of carbonyl (C=O) groups excluding carboxylic acids is 1. The smallest absolute Gasteiger partial charge is 0.248 e. The van der Waals surface area contributed by atoms with Crippen LogP contribution in [0.3, 0.4) is 0 Å². The second-order valence-corrected chi connectivity index (χ2v) is 6.78. The first-order valence-electron chi connectivity index (χ1n) is 6.64. The Morgan fingerprint density at radius 3 is 2.86 bits per heavy atom. The van der Waals surface area contributed by atoms with Crippen molar-refractivity contribution in [1.29, 1.82) is 0 Å². The molecule has 2 aromatic heterocycles. The first-order chi connectivity index (χ1) is 10.5. The van der Waals surface area contributed by atoms with E-state index >= 15 is 0 Å². The maximum absolute atomic E-state index is 14.0. The van der Waals surface area contributed by atoms with E-state index in [0.29, 0.717) is 22.7 Å². The van der Waals surface area contributed by atoms with Gasteiger partial charge in [0.05, 0.1) is 6.20 Å². The van der Waals surface area contributed by atoms with Gasteiger partial charge in [-0.3, -0.25) is 9.78 Å². The first-order valence-corrected chi connectivity index (χ1v) is 8.61. The normalized spacial score (nSPS) is 10.7. The number of nitrogens with zero attached hydrogens (tertiary/aromatic N) is 3. The van der Waals surface area contributed by atoms with Gasteiger partial charge in [0.25, 0.3) is 0 Å². The Kier molecular flexibility index (Phi) is 5.84. The molecule has 2 aromatic rings. The van der Waals surface area contributed by atoms with Gasteiger partial charge in [-0.15, -0.1) is 0 Å². The summed E-state index contributed by atoms with van der Waals surface area (Å²) in [7, 11) is 1.52. The number of halogens is 2. The van der Waals surface area contributed by atoms with Crippen LogP contribution in [0.2, 0.25) is 0 Å². The fourth-order valence-corrected chi connectivity index (χ4v) is 3.25. The van der Waals surface area contributed by atoms with Crippen molar-refractivity contribution in [2.45, 2.75) is 13.3 Å². The predicted molar refractivity (Wildman–Crippen MR) is 86.3 cm³/mol. The molecule has 4 nitrogen and oxygen atoms in total. The number of hydrogen-bond donors (Lipinski definition) is 0. The molecule has 0 bridgehead atoms. The fraction of sp³-hybridized carbons (Fsp3) is 0.357. The number of thioether (sulfide) groups is 1. The van der Waals surface area contributed by atoms with Crippen LogP contribution < -0.4 is 4.90 Å². The van der Waals surface area contributed by atoms with E-state index in [4.69, 9.17) is 0 Å². The molecule has 118 valence electrons. The molecule has 2 heterocycles. The molecule has 0 spiro atoms. The van der Waals surface area contributed by atoms with Crippen molar-refractivity contribution in [3.8, 4) is 10.6 Å². The molecule has 0 aliphatic rings. The predicted octanol–water partition coefficient (Wildman–Crippen LogP) is 3.59. The standard InChI is InChI=1S/C14H15F2N3OS2/c1-3-21-5-4-11(20)19(2)14-12(16)18-13(22-14)9-6-10(15)8-17-7-9/h6-8H,3-5H2,1-2H3. The van der Waals surface area contributed by atoms with Crippen molar-refractivity contribution in [1.82, 2.24) is 9.97 Å². The zero-order valence-electron chi connectivity index (χ0n) is 12.2. The van der Waals surface area contributed by atoms with Crippen molar-refractivity contribution < 1.29 is 13.6 Å². The molecule has 0 unspecified atom stereocenters. The first kappa shape index (κ1) is 16.8. The minimum Gasteiger partial charge on any atom is -0.303 e. The third kappa shape index (κ3) is 4.01. The van der Waals surface area contributed by atoms with Crippen molar-refractivity contribution >= 4 is 34.0 Å². The van der Waals surface area contributed by atoms with E-state index in [1.807, 2.05) is 6.92 Å². The molecule has 0 atom stereocenters. The summed E-state index contributed by atoms with van der Waals surface area (Å²) >= 11 is 2.66. The van der Waals surface area contributed by atoms with Crippen LogP contribution in [-0.2, 0) is 4.79 Å². The minimum atomic E-state index is -0.733. The van der Waals surface area contributed by atoms with E-state index in [9.17, 15) is 13.6 Å². The Morgan fingerprint density at radius 1 is 1.41 bits per heavy atom. The van der Waals surface area contributed by atoms with Gasteiger partial charge in [0.2, 0.25) is 11.9 Å². The summed E-state index contributed by atoms with van der Waals surface area (Å²) < 4.78 is 27.2. The van der Waals surface area contributed by atoms with Crippen LogP contribution in [0.15, 0.2) is 18.5 Å². The van der Waals surface area contributed by atoms with E-state index in [2.05, 4.69) is 9.97 Å². The summed E-state index contributed by atoms with van der Waals surface area (Å²) in [5.41, 5.74) is 0.387. The molecule has 8 heteroatoms. The van der Waals surface area contributed by atoms with Crippen molar-refractivity contribution in [2.75, 3.05) is 23.5 Å². The fourth-order valence-electron chi connectivity index (χ4n) is 1.74. The summed E-state index contributed by atoms with van der Waals surface area (Å²) in [6.45, 7) is 2.01. The van der Waals surface area contributed by atoms with Gasteiger partial charge in [-0.25, -0.2) is 9.37 Å². The van der Waals surface area contributed by atoms with Crippen molar-refractivity contribution in [2.24, 2.45) is 0 Å². The molecule has 0 N–H and O–H groups in total. The van der Waals surface area contributed by atoms with Crippen molar-refractivity contribution in [3.05, 3.63) is 30.2 Å². The molecule has 0 aromatic carbocycles. The Morgan fingerprint density at radius 2 is 2.18 bits per heavy atom. The van der Waals surface area contributed by atoms with E-state index < -0.39 is 11.8 Å². The Labute approximate surface area is 135 Å². The highest BCUT2D eigenvalue weighted by Gasteiger charge is 2.20. The minimum absolute atomic E-state index is 0.130. The number of carbonyl (C=O) groups is 1. The lowest BCUT2D eigenvalue weighted by molar-refractivity contribution is -0.117. The van der Waals surface area contributed by atoms with E-state index in [1.54, 1.807) is 11.8 Å². The lowest BCUT2D eigenvalue weighted by atomic mass is 10.3. The van der Waals surface area contributed by atoms with E-state index in [-0.39, 0.29) is 10.9 Å². The van der Waals surface area contributed by atoms with Crippen LogP contribution in [0, 0.1) is 11.8 Å². The monoisotopic (exact) mass is 343 g/mol. The summed E-state index contributed by atoms with van der Waals surface area (Å²) in [6, 6.07) is 1.23. The Bertz CT molecular complexity index is 663. The number of hydrogen-bond acceptors (Lipinski definition) is 5. The number of rotatable bonds is 6. The second kappa shape index (κ2) is 7.64. The average Bonchev–Trinajstić information content (AvgIpc) is 2.88. The zero-order valence-corrected chi connectivity index (χ0v) is 13.8. The number of pyridine rings is 1. The topological polar surface area (TPSA) is 46.1 Å². The molecule has 22 heavy (non-hydrogen) atoms. The number of anilines is 1. The van der Waals surface area contributed by atoms with Gasteiger partial charge in [0, 0.05) is 31.0 Å². The third-order valence-electron chi connectivity index (χ3n) is 2.86. The lowest BCUT2D eigenvalue weighted by Crippen LogP contribution is -2.26. The average molecular weight is 343 g/mol. The van der Waals surface area contributed by atoms with Crippen LogP contribution in [0.4, 0.5) is 13.8 Å². The molecular weight excluding hydrogens is 328 g/mol. The van der Waals surface area contributed by atoms with Gasteiger partial charge in [-0.2, -0.15) is 16.2 Å². The molecular formula is C14H15F2N3OS2. The largest absolute Gasteiger partial charge is 0.303 e. The quantitative estimate of drug-likeness (QED) is 0.752. The molecule has 0 saturated carbocycles. The van der Waals surface area contributed by atoms with Gasteiger partial charge in [0.1, 0.15) is 10.8 Å². The van der Waals surface area contributed by atoms with Crippen LogP contribution in [0.1, 0.15) is 13.3 Å². The Balaban J connectivity index is 2.17. The number of amides is 1. The van der Waals surface area contributed by atoms with Crippen molar-refractivity contribution in [3.63, 3.8) is 0 Å². The molecule has 0 radical (unpaired) electrons. The maximum atomic E-state index is 14.0. The number of thiazole rings is 1. The third-order valence-corrected chi connectivity index (χ3v) is 4.92. The molecule has 0 fully saturated rings. The lowest BCUT2D eigenvalue weighted by Gasteiger charge is -2.14. The van der Waals surface area contributed by atoms with Gasteiger partial charge in [0.15, 0.2) is 5.00 Å². The summed E-state index contributed by atoms with van der Waals surface area (Å²) in [6.07, 6.45) is 2.81. The van der Waals surface area contributed by atoms with Gasteiger partial charge >= 0.3 is 0 Å². The Hall–Kier alpha value is -1.54. The van der Waals surface area contributed by atoms with Crippen LogP contribution in [0.25, 0.3) is 10.6 Å². The maximum Gasteiger partial charge on any atom is 0.248 e. The summed E-state index contributed by atoms with van der Waals surface area (Å²) in [5, 5.41) is 0.424. The summed E-state index contributed by atoms with van der Waals surface area (Å²) in [5.74, 6) is 0.204. The molecule has 0 saturated heterocycles. The van der Waals surface area contributed by atoms with Crippen LogP contribution >= 0.6 is 23.1 Å². The van der Waals surface area contributed by atoms with E-state index in [1.165, 1.54) is 24.2 Å². The number of aromatic nitrogens is 2. The summed E-state index contributed by atoms with van der Waals surface area (Å²) in [4.78, 5) is 20.8. The van der Waals surface area contributed by atoms with E-state index in [0.717, 1.165) is 23.3 Å². The van der Waals surface area contributed by atoms with Gasteiger partial charge in [-0.1, -0.05) is 18.3 Å². The molecule has 0 aliphatic heterocycles. The van der Waals surface area contributed by atoms with Gasteiger partial charge < -0.3 is 4.90 Å². The second-order valence-electron chi connectivity index (χ2n) is 4.41. The highest BCUT2D eigenvalue weighted by molar-refractivity contribution is 7.99. The highest BCUT2D eigenvalue weighted by atomic mass is 32.2.